The number of H-pyrrole nitrogens is 1. The minimum Gasteiger partial charge on any atom is -0.365 e. The summed E-state index contributed by atoms with van der Waals surface area (Å²) in [5.41, 5.74) is 3.33. The lowest BCUT2D eigenvalue weighted by atomic mass is 9.97. The van der Waals surface area contributed by atoms with E-state index in [2.05, 4.69) is 20.8 Å². The number of rotatable bonds is 4. The van der Waals surface area contributed by atoms with Crippen molar-refractivity contribution in [3.63, 3.8) is 0 Å². The van der Waals surface area contributed by atoms with Crippen molar-refractivity contribution in [3.05, 3.63) is 89.6 Å². The summed E-state index contributed by atoms with van der Waals surface area (Å²) in [5, 5.41) is 13.6. The number of para-hydroxylation sites is 1. The molecule has 1 aromatic heterocycles. The molecule has 1 aliphatic rings. The average Bonchev–Trinajstić information content (AvgIpc) is 3.29. The van der Waals surface area contributed by atoms with Gasteiger partial charge in [0.15, 0.2) is 0 Å². The molecule has 174 valence electrons. The van der Waals surface area contributed by atoms with E-state index in [1.807, 2.05) is 41.3 Å². The second-order valence-corrected chi connectivity index (χ2v) is 8.34. The number of aromatic nitrogens is 2. The highest BCUT2D eigenvalue weighted by Crippen LogP contribution is 2.32. The van der Waals surface area contributed by atoms with Crippen molar-refractivity contribution < 1.29 is 18.0 Å². The number of alkyl halides is 3. The molecule has 2 amide bonds. The van der Waals surface area contributed by atoms with Crippen LogP contribution >= 0.6 is 0 Å². The van der Waals surface area contributed by atoms with E-state index in [1.54, 1.807) is 18.3 Å². The molecule has 0 saturated heterocycles. The molecule has 0 saturated carbocycles. The summed E-state index contributed by atoms with van der Waals surface area (Å²) < 4.78 is 39.5. The van der Waals surface area contributed by atoms with Crippen LogP contribution in [0.4, 0.5) is 29.3 Å². The normalized spacial score (nSPS) is 15.7. The van der Waals surface area contributed by atoms with E-state index in [0.717, 1.165) is 28.2 Å². The largest absolute Gasteiger partial charge is 0.416 e. The number of nitrogens with zero attached hydrogens (tertiary/aromatic N) is 2. The molecule has 0 spiro atoms. The predicted molar refractivity (Wildman–Crippen MR) is 125 cm³/mol. The summed E-state index contributed by atoms with van der Waals surface area (Å²) in [4.78, 5) is 14.8. The first-order chi connectivity index (χ1) is 16.4. The molecule has 2 heterocycles. The summed E-state index contributed by atoms with van der Waals surface area (Å²) in [6.07, 6.45) is -2.12. The second-order valence-electron chi connectivity index (χ2n) is 8.34. The molecular weight excluding hydrogens is 443 g/mol. The van der Waals surface area contributed by atoms with Gasteiger partial charge in [-0.1, -0.05) is 36.4 Å². The molecule has 9 heteroatoms. The van der Waals surface area contributed by atoms with Crippen molar-refractivity contribution in [2.45, 2.75) is 25.2 Å². The van der Waals surface area contributed by atoms with Crippen LogP contribution in [0.2, 0.25) is 0 Å². The van der Waals surface area contributed by atoms with Gasteiger partial charge in [-0.05, 0) is 47.9 Å². The van der Waals surface area contributed by atoms with Gasteiger partial charge < -0.3 is 15.5 Å². The van der Waals surface area contributed by atoms with Gasteiger partial charge in [0.05, 0.1) is 29.0 Å². The molecule has 0 bridgehead atoms. The lowest BCUT2D eigenvalue weighted by molar-refractivity contribution is -0.137. The van der Waals surface area contributed by atoms with Crippen LogP contribution in [0.15, 0.2) is 72.9 Å². The zero-order valence-electron chi connectivity index (χ0n) is 18.1. The Morgan fingerprint density at radius 3 is 2.76 bits per heavy atom. The van der Waals surface area contributed by atoms with Crippen molar-refractivity contribution in [3.8, 4) is 0 Å². The van der Waals surface area contributed by atoms with Crippen LogP contribution in [0.1, 0.15) is 16.7 Å². The Kier molecular flexibility index (Phi) is 5.61. The molecule has 1 atom stereocenters. The van der Waals surface area contributed by atoms with Crippen molar-refractivity contribution >= 4 is 28.3 Å². The van der Waals surface area contributed by atoms with Crippen LogP contribution in [0.5, 0.6) is 0 Å². The maximum absolute atomic E-state index is 13.2. The number of aromatic amines is 1. The first-order valence-corrected chi connectivity index (χ1v) is 10.9. The van der Waals surface area contributed by atoms with Crippen LogP contribution in [0.3, 0.4) is 0 Å². The smallest absolute Gasteiger partial charge is 0.365 e. The number of anilines is 2. The fourth-order valence-corrected chi connectivity index (χ4v) is 4.42. The van der Waals surface area contributed by atoms with Crippen molar-refractivity contribution in [1.82, 2.24) is 15.5 Å². The highest BCUT2D eigenvalue weighted by Gasteiger charge is 2.31. The SMILES string of the molecule is O=C(Nc1cccc2[nH]ncc12)NC1Cc2ccccc2N(Cc2cccc(C(F)(F)F)c2)C1. The van der Waals surface area contributed by atoms with Crippen molar-refractivity contribution in [1.29, 1.82) is 0 Å². The number of carbonyl (C=O) groups excluding carboxylic acids is 1. The monoisotopic (exact) mass is 465 g/mol. The van der Waals surface area contributed by atoms with Gasteiger partial charge in [-0.3, -0.25) is 5.10 Å². The van der Waals surface area contributed by atoms with Crippen molar-refractivity contribution in [2.24, 2.45) is 0 Å². The van der Waals surface area contributed by atoms with Gasteiger partial charge in [-0.25, -0.2) is 4.79 Å². The van der Waals surface area contributed by atoms with Crippen LogP contribution in [-0.2, 0) is 19.1 Å². The van der Waals surface area contributed by atoms with E-state index in [9.17, 15) is 18.0 Å². The second kappa shape index (κ2) is 8.74. The fraction of sp³-hybridized carbons (Fsp3) is 0.200. The van der Waals surface area contributed by atoms with Gasteiger partial charge in [-0.15, -0.1) is 0 Å². The zero-order valence-corrected chi connectivity index (χ0v) is 18.1. The highest BCUT2D eigenvalue weighted by atomic mass is 19.4. The Hall–Kier alpha value is -4.01. The van der Waals surface area contributed by atoms with E-state index in [1.165, 1.54) is 12.1 Å². The number of hydrogen-bond donors (Lipinski definition) is 3. The standard InChI is InChI=1S/C25H22F3N5O/c26-25(27,28)18-7-3-5-16(11-18)14-33-15-19(12-17-6-1-2-10-23(17)33)30-24(34)31-21-8-4-9-22-20(21)13-29-32-22/h1-11,13,19H,12,14-15H2,(H,29,32)(H2,30,31,34). The number of carbonyl (C=O) groups is 1. The third-order valence-corrected chi connectivity index (χ3v) is 5.94. The maximum Gasteiger partial charge on any atom is 0.416 e. The molecule has 0 fully saturated rings. The number of urea groups is 1. The van der Waals surface area contributed by atoms with Gasteiger partial charge in [-0.2, -0.15) is 18.3 Å². The fourth-order valence-electron chi connectivity index (χ4n) is 4.42. The molecule has 5 rings (SSSR count). The van der Waals surface area contributed by atoms with Crippen molar-refractivity contribution in [2.75, 3.05) is 16.8 Å². The zero-order chi connectivity index (χ0) is 23.7. The summed E-state index contributed by atoms with van der Waals surface area (Å²) in [5.74, 6) is 0. The molecule has 1 unspecified atom stereocenters. The molecule has 3 aromatic carbocycles. The van der Waals surface area contributed by atoms with E-state index >= 15 is 0 Å². The molecule has 3 N–H and O–H groups in total. The quantitative estimate of drug-likeness (QED) is 0.381. The van der Waals surface area contributed by atoms with Gasteiger partial charge in [0.1, 0.15) is 0 Å². The molecule has 0 radical (unpaired) electrons. The van der Waals surface area contributed by atoms with Crippen LogP contribution < -0.4 is 15.5 Å². The van der Waals surface area contributed by atoms with Crippen LogP contribution in [0, 0.1) is 0 Å². The average molecular weight is 465 g/mol. The van der Waals surface area contributed by atoms with E-state index in [-0.39, 0.29) is 12.1 Å². The van der Waals surface area contributed by atoms with E-state index in [0.29, 0.717) is 30.8 Å². The number of fused-ring (bicyclic) bond motifs is 2. The number of hydrogen-bond acceptors (Lipinski definition) is 3. The summed E-state index contributed by atoms with van der Waals surface area (Å²) in [7, 11) is 0. The first-order valence-electron chi connectivity index (χ1n) is 10.9. The third kappa shape index (κ3) is 4.54. The minimum absolute atomic E-state index is 0.218. The lowest BCUT2D eigenvalue weighted by Gasteiger charge is -2.36. The summed E-state index contributed by atoms with van der Waals surface area (Å²) in [6.45, 7) is 0.769. The molecule has 34 heavy (non-hydrogen) atoms. The van der Waals surface area contributed by atoms with Gasteiger partial charge in [0, 0.05) is 24.2 Å². The molecule has 6 nitrogen and oxygen atoms in total. The van der Waals surface area contributed by atoms with E-state index in [4.69, 9.17) is 0 Å². The molecule has 0 aliphatic carbocycles. The molecule has 1 aliphatic heterocycles. The number of benzene rings is 3. The Bertz CT molecular complexity index is 1330. The number of halogens is 3. The highest BCUT2D eigenvalue weighted by molar-refractivity contribution is 6.00. The Labute approximate surface area is 193 Å². The maximum atomic E-state index is 13.2. The van der Waals surface area contributed by atoms with E-state index < -0.39 is 11.7 Å². The first kappa shape index (κ1) is 21.8. The van der Waals surface area contributed by atoms with Crippen LogP contribution in [-0.4, -0.2) is 28.8 Å². The molecular formula is C25H22F3N5O. The number of amides is 2. The number of nitrogens with one attached hydrogen (secondary N) is 3. The minimum atomic E-state index is -4.39. The topological polar surface area (TPSA) is 73.0 Å². The Balaban J connectivity index is 1.33. The molecule has 4 aromatic rings. The van der Waals surface area contributed by atoms with Crippen LogP contribution in [0.25, 0.3) is 10.9 Å². The third-order valence-electron chi connectivity index (χ3n) is 5.94. The lowest BCUT2D eigenvalue weighted by Crippen LogP contribution is -2.49. The van der Waals surface area contributed by atoms with Gasteiger partial charge in [0.25, 0.3) is 0 Å². The Morgan fingerprint density at radius 2 is 1.91 bits per heavy atom. The predicted octanol–water partition coefficient (Wildman–Crippen LogP) is 5.33. The summed E-state index contributed by atoms with van der Waals surface area (Å²) in [6, 6.07) is 18.0. The Morgan fingerprint density at radius 1 is 1.09 bits per heavy atom. The van der Waals surface area contributed by atoms with Gasteiger partial charge in [0.2, 0.25) is 0 Å². The van der Waals surface area contributed by atoms with Gasteiger partial charge >= 0.3 is 12.2 Å². The summed E-state index contributed by atoms with van der Waals surface area (Å²) >= 11 is 0.